The van der Waals surface area contributed by atoms with E-state index in [4.69, 9.17) is 4.74 Å². The molecule has 1 N–H and O–H groups in total. The number of hydrogen-bond acceptors (Lipinski definition) is 3. The molecule has 3 nitrogen and oxygen atoms in total. The minimum absolute atomic E-state index is 0.428. The van der Waals surface area contributed by atoms with Gasteiger partial charge in [-0.25, -0.2) is 0 Å². The average molecular weight is 272 g/mol. The minimum Gasteiger partial charge on any atom is -0.493 e. The molecule has 2 aliphatic heterocycles. The maximum absolute atomic E-state index is 5.83. The Morgan fingerprint density at radius 2 is 2.10 bits per heavy atom. The molecule has 20 heavy (non-hydrogen) atoms. The summed E-state index contributed by atoms with van der Waals surface area (Å²) in [7, 11) is 0. The SMILES string of the molecule is c1ccc2c(c1)OCC2CN1CCNC2(CCCC2)C1. The number of benzene rings is 1. The molecule has 1 atom stereocenters. The van der Waals surface area contributed by atoms with Gasteiger partial charge in [0.1, 0.15) is 5.75 Å². The fraction of sp³-hybridized carbons (Fsp3) is 0.647. The normalized spacial score (nSPS) is 28.5. The van der Waals surface area contributed by atoms with Crippen molar-refractivity contribution < 1.29 is 4.74 Å². The second-order valence-electron chi connectivity index (χ2n) is 6.70. The first-order valence-electron chi connectivity index (χ1n) is 8.04. The van der Waals surface area contributed by atoms with Gasteiger partial charge >= 0.3 is 0 Å². The molecule has 3 heteroatoms. The Balaban J connectivity index is 1.45. The van der Waals surface area contributed by atoms with E-state index in [1.165, 1.54) is 44.3 Å². The zero-order chi connectivity index (χ0) is 13.4. The number of rotatable bonds is 2. The van der Waals surface area contributed by atoms with Gasteiger partial charge in [-0.1, -0.05) is 31.0 Å². The monoisotopic (exact) mass is 272 g/mol. The maximum atomic E-state index is 5.83. The molecule has 2 fully saturated rings. The molecule has 2 heterocycles. The summed E-state index contributed by atoms with van der Waals surface area (Å²) >= 11 is 0. The van der Waals surface area contributed by atoms with Crippen molar-refractivity contribution in [2.24, 2.45) is 0 Å². The van der Waals surface area contributed by atoms with Crippen molar-refractivity contribution in [3.8, 4) is 5.75 Å². The summed E-state index contributed by atoms with van der Waals surface area (Å²) in [5.74, 6) is 1.66. The Labute approximate surface area is 121 Å². The molecule has 1 aromatic rings. The van der Waals surface area contributed by atoms with E-state index in [0.717, 1.165) is 25.4 Å². The highest BCUT2D eigenvalue weighted by Gasteiger charge is 2.38. The third kappa shape index (κ3) is 2.23. The molecule has 1 aromatic carbocycles. The summed E-state index contributed by atoms with van der Waals surface area (Å²) in [6.07, 6.45) is 5.52. The second-order valence-corrected chi connectivity index (χ2v) is 6.70. The van der Waals surface area contributed by atoms with Gasteiger partial charge in [-0.05, 0) is 18.9 Å². The lowest BCUT2D eigenvalue weighted by Gasteiger charge is -2.42. The molecule has 0 bridgehead atoms. The average Bonchev–Trinajstić information content (AvgIpc) is 3.08. The molecule has 1 aliphatic carbocycles. The third-order valence-electron chi connectivity index (χ3n) is 5.29. The lowest BCUT2D eigenvalue weighted by atomic mass is 9.93. The van der Waals surface area contributed by atoms with E-state index in [-0.39, 0.29) is 0 Å². The van der Waals surface area contributed by atoms with Crippen LogP contribution in [0.4, 0.5) is 0 Å². The van der Waals surface area contributed by atoms with Crippen molar-refractivity contribution in [3.05, 3.63) is 29.8 Å². The van der Waals surface area contributed by atoms with Crippen LogP contribution in [0.1, 0.15) is 37.2 Å². The van der Waals surface area contributed by atoms with Crippen LogP contribution < -0.4 is 10.1 Å². The van der Waals surface area contributed by atoms with Gasteiger partial charge in [-0.15, -0.1) is 0 Å². The second kappa shape index (κ2) is 5.05. The quantitative estimate of drug-likeness (QED) is 0.894. The standard InChI is InChI=1S/C17H24N2O/c1-2-6-16-15(5-1)14(12-20-16)11-19-10-9-18-17(13-19)7-3-4-8-17/h1-2,5-6,14,18H,3-4,7-13H2. The zero-order valence-corrected chi connectivity index (χ0v) is 12.1. The number of nitrogens with one attached hydrogen (secondary N) is 1. The van der Waals surface area contributed by atoms with Crippen molar-refractivity contribution >= 4 is 0 Å². The smallest absolute Gasteiger partial charge is 0.122 e. The Morgan fingerprint density at radius 1 is 1.25 bits per heavy atom. The van der Waals surface area contributed by atoms with Crippen LogP contribution >= 0.6 is 0 Å². The molecule has 1 spiro atoms. The van der Waals surface area contributed by atoms with E-state index < -0.39 is 0 Å². The number of ether oxygens (including phenoxy) is 1. The minimum atomic E-state index is 0.428. The van der Waals surface area contributed by atoms with Gasteiger partial charge in [-0.2, -0.15) is 0 Å². The first-order valence-corrected chi connectivity index (χ1v) is 8.04. The van der Waals surface area contributed by atoms with E-state index in [0.29, 0.717) is 11.5 Å². The Hall–Kier alpha value is -1.06. The molecule has 0 radical (unpaired) electrons. The molecule has 108 valence electrons. The van der Waals surface area contributed by atoms with Crippen LogP contribution in [0.3, 0.4) is 0 Å². The largest absolute Gasteiger partial charge is 0.493 e. The van der Waals surface area contributed by atoms with E-state index in [9.17, 15) is 0 Å². The zero-order valence-electron chi connectivity index (χ0n) is 12.1. The number of fused-ring (bicyclic) bond motifs is 1. The van der Waals surface area contributed by atoms with Gasteiger partial charge in [0.2, 0.25) is 0 Å². The van der Waals surface area contributed by atoms with Gasteiger partial charge in [0.15, 0.2) is 0 Å². The third-order valence-corrected chi connectivity index (χ3v) is 5.29. The number of hydrogen-bond donors (Lipinski definition) is 1. The summed E-state index contributed by atoms with van der Waals surface area (Å²) in [4.78, 5) is 2.66. The lowest BCUT2D eigenvalue weighted by Crippen LogP contribution is -2.59. The van der Waals surface area contributed by atoms with Gasteiger partial charge in [0.05, 0.1) is 6.61 Å². The highest BCUT2D eigenvalue weighted by Crippen LogP contribution is 2.36. The van der Waals surface area contributed by atoms with Crippen LogP contribution in [0, 0.1) is 0 Å². The van der Waals surface area contributed by atoms with Crippen LogP contribution in [0.5, 0.6) is 5.75 Å². The van der Waals surface area contributed by atoms with Crippen molar-refractivity contribution in [1.29, 1.82) is 0 Å². The van der Waals surface area contributed by atoms with E-state index in [1.54, 1.807) is 0 Å². The van der Waals surface area contributed by atoms with Crippen molar-refractivity contribution in [2.45, 2.75) is 37.1 Å². The van der Waals surface area contributed by atoms with E-state index in [2.05, 4.69) is 34.5 Å². The summed E-state index contributed by atoms with van der Waals surface area (Å²) in [5.41, 5.74) is 1.84. The van der Waals surface area contributed by atoms with Crippen molar-refractivity contribution in [2.75, 3.05) is 32.8 Å². The lowest BCUT2D eigenvalue weighted by molar-refractivity contribution is 0.124. The van der Waals surface area contributed by atoms with Gasteiger partial charge in [-0.3, -0.25) is 4.90 Å². The summed E-state index contributed by atoms with van der Waals surface area (Å²) in [5, 5.41) is 3.80. The van der Waals surface area contributed by atoms with Crippen LogP contribution in [0.25, 0.3) is 0 Å². The molecular weight excluding hydrogens is 248 g/mol. The Kier molecular flexibility index (Phi) is 3.20. The summed E-state index contributed by atoms with van der Waals surface area (Å²) < 4.78 is 5.83. The predicted octanol–water partition coefficient (Wildman–Crippen LogP) is 2.38. The number of nitrogens with zero attached hydrogens (tertiary/aromatic N) is 1. The molecule has 0 amide bonds. The highest BCUT2D eigenvalue weighted by atomic mass is 16.5. The Bertz CT molecular complexity index is 482. The fourth-order valence-electron chi connectivity index (χ4n) is 4.28. The van der Waals surface area contributed by atoms with E-state index >= 15 is 0 Å². The van der Waals surface area contributed by atoms with Crippen molar-refractivity contribution in [3.63, 3.8) is 0 Å². The molecule has 1 saturated heterocycles. The van der Waals surface area contributed by atoms with Gasteiger partial charge in [0, 0.05) is 43.2 Å². The van der Waals surface area contributed by atoms with Crippen LogP contribution in [-0.2, 0) is 0 Å². The number of para-hydroxylation sites is 1. The van der Waals surface area contributed by atoms with Gasteiger partial charge in [0.25, 0.3) is 0 Å². The van der Waals surface area contributed by atoms with Crippen LogP contribution in [-0.4, -0.2) is 43.2 Å². The molecule has 4 rings (SSSR count). The van der Waals surface area contributed by atoms with E-state index in [1.807, 2.05) is 0 Å². The van der Waals surface area contributed by atoms with Gasteiger partial charge < -0.3 is 10.1 Å². The van der Waals surface area contributed by atoms with Crippen LogP contribution in [0.2, 0.25) is 0 Å². The highest BCUT2D eigenvalue weighted by molar-refractivity contribution is 5.39. The van der Waals surface area contributed by atoms with Crippen LogP contribution in [0.15, 0.2) is 24.3 Å². The first kappa shape index (κ1) is 12.7. The molecule has 3 aliphatic rings. The van der Waals surface area contributed by atoms with Crippen molar-refractivity contribution in [1.82, 2.24) is 10.2 Å². The Morgan fingerprint density at radius 3 is 3.00 bits per heavy atom. The molecule has 0 aromatic heterocycles. The summed E-state index contributed by atoms with van der Waals surface area (Å²) in [6, 6.07) is 8.54. The molecular formula is C17H24N2O. The number of piperazine rings is 1. The molecule has 1 unspecified atom stereocenters. The maximum Gasteiger partial charge on any atom is 0.122 e. The fourth-order valence-corrected chi connectivity index (χ4v) is 4.28. The first-order chi connectivity index (χ1) is 9.85. The predicted molar refractivity (Wildman–Crippen MR) is 80.3 cm³/mol. The summed E-state index contributed by atoms with van der Waals surface area (Å²) in [6.45, 7) is 5.57. The topological polar surface area (TPSA) is 24.5 Å². The molecule has 1 saturated carbocycles.